The molecule has 0 aromatic heterocycles. The Morgan fingerprint density at radius 2 is 1.37 bits per heavy atom. The summed E-state index contributed by atoms with van der Waals surface area (Å²) in [5.74, 6) is 5.51. The maximum absolute atomic E-state index is 14.0. The summed E-state index contributed by atoms with van der Waals surface area (Å²) in [4.78, 5) is 13.9. The van der Waals surface area contributed by atoms with E-state index in [2.05, 4.69) is 11.8 Å². The van der Waals surface area contributed by atoms with Gasteiger partial charge in [0.05, 0.1) is 4.90 Å². The second-order valence-electron chi connectivity index (χ2n) is 8.24. The van der Waals surface area contributed by atoms with Crippen LogP contribution >= 0.6 is 0 Å². The summed E-state index contributed by atoms with van der Waals surface area (Å²) in [5, 5.41) is 0. The van der Waals surface area contributed by atoms with Crippen molar-refractivity contribution in [2.24, 2.45) is 0 Å². The Morgan fingerprint density at radius 1 is 0.743 bits per heavy atom. The van der Waals surface area contributed by atoms with Crippen LogP contribution in [0.2, 0.25) is 0 Å². The monoisotopic (exact) mass is 479 g/mol. The van der Waals surface area contributed by atoms with E-state index in [0.717, 1.165) is 21.0 Å². The van der Waals surface area contributed by atoms with Gasteiger partial charge in [0.1, 0.15) is 6.04 Å². The predicted octanol–water partition coefficient (Wildman–Crippen LogP) is 5.93. The summed E-state index contributed by atoms with van der Waals surface area (Å²) in [6, 6.07) is 30.7. The lowest BCUT2D eigenvalue weighted by atomic mass is 10.1. The number of rotatable bonds is 5. The van der Waals surface area contributed by atoms with Crippen LogP contribution in [0.25, 0.3) is 0 Å². The Hall–Kier alpha value is -4.14. The van der Waals surface area contributed by atoms with Gasteiger partial charge in [-0.3, -0.25) is 4.79 Å². The third-order valence-corrected chi connectivity index (χ3v) is 7.28. The lowest BCUT2D eigenvalue weighted by Crippen LogP contribution is -2.39. The fourth-order valence-electron chi connectivity index (χ4n) is 3.68. The van der Waals surface area contributed by atoms with Gasteiger partial charge < -0.3 is 0 Å². The normalized spacial score (nSPS) is 11.7. The van der Waals surface area contributed by atoms with Gasteiger partial charge >= 0.3 is 0 Å². The van der Waals surface area contributed by atoms with E-state index in [0.29, 0.717) is 5.56 Å². The Kier molecular flexibility index (Phi) is 7.14. The minimum Gasteiger partial charge on any atom is -0.268 e. The molecule has 0 N–H and O–H groups in total. The first-order valence-corrected chi connectivity index (χ1v) is 12.6. The summed E-state index contributed by atoms with van der Waals surface area (Å²) in [5.41, 5.74) is 3.39. The second kappa shape index (κ2) is 10.4. The standard InChI is InChI=1S/C30H25NO3S/c1-23-16-19-28(20-17-23)35(33,34)31(30(32)27-15-9-10-24(2)22-27)29(26-13-7-4-8-14-26)21-18-25-11-5-3-6-12-25/h3-17,19-20,22,29H,1-2H3. The minimum absolute atomic E-state index is 0.0338. The molecule has 0 heterocycles. The number of carbonyl (C=O) groups is 1. The molecule has 1 amide bonds. The van der Waals surface area contributed by atoms with Crippen molar-refractivity contribution < 1.29 is 13.2 Å². The zero-order valence-electron chi connectivity index (χ0n) is 19.5. The molecule has 0 saturated heterocycles. The van der Waals surface area contributed by atoms with Gasteiger partial charge in [-0.25, -0.2) is 12.7 Å². The van der Waals surface area contributed by atoms with Crippen LogP contribution in [0.15, 0.2) is 114 Å². The van der Waals surface area contributed by atoms with Crippen molar-refractivity contribution in [2.75, 3.05) is 0 Å². The molecule has 1 atom stereocenters. The van der Waals surface area contributed by atoms with Gasteiger partial charge in [-0.15, -0.1) is 0 Å². The smallest absolute Gasteiger partial charge is 0.268 e. The van der Waals surface area contributed by atoms with Crippen LogP contribution in [-0.4, -0.2) is 18.6 Å². The first-order valence-electron chi connectivity index (χ1n) is 11.2. The average molecular weight is 480 g/mol. The van der Waals surface area contributed by atoms with Gasteiger partial charge in [-0.2, -0.15) is 0 Å². The van der Waals surface area contributed by atoms with Crippen LogP contribution in [0.4, 0.5) is 0 Å². The molecule has 174 valence electrons. The van der Waals surface area contributed by atoms with E-state index in [1.54, 1.807) is 54.6 Å². The molecular formula is C30H25NO3S. The van der Waals surface area contributed by atoms with E-state index in [1.807, 2.05) is 56.3 Å². The largest absolute Gasteiger partial charge is 0.269 e. The van der Waals surface area contributed by atoms with Crippen molar-refractivity contribution in [3.63, 3.8) is 0 Å². The molecular weight excluding hydrogens is 454 g/mol. The topological polar surface area (TPSA) is 54.5 Å². The van der Waals surface area contributed by atoms with E-state index in [-0.39, 0.29) is 10.5 Å². The minimum atomic E-state index is -4.25. The molecule has 4 rings (SSSR count). The van der Waals surface area contributed by atoms with Gasteiger partial charge in [-0.1, -0.05) is 95.8 Å². The van der Waals surface area contributed by atoms with Crippen LogP contribution in [0, 0.1) is 25.7 Å². The van der Waals surface area contributed by atoms with Crippen LogP contribution in [0.3, 0.4) is 0 Å². The molecule has 4 aromatic rings. The van der Waals surface area contributed by atoms with E-state index in [9.17, 15) is 13.2 Å². The first kappa shape index (κ1) is 24.0. The van der Waals surface area contributed by atoms with Crippen molar-refractivity contribution in [3.05, 3.63) is 137 Å². The maximum Gasteiger partial charge on any atom is 0.269 e. The summed E-state index contributed by atoms with van der Waals surface area (Å²) in [7, 11) is -4.25. The molecule has 35 heavy (non-hydrogen) atoms. The number of aryl methyl sites for hydroxylation is 2. The van der Waals surface area contributed by atoms with E-state index < -0.39 is 22.0 Å². The highest BCUT2D eigenvalue weighted by atomic mass is 32.2. The Balaban J connectivity index is 1.93. The third-order valence-electron chi connectivity index (χ3n) is 5.52. The van der Waals surface area contributed by atoms with Crippen LogP contribution in [0.5, 0.6) is 0 Å². The molecule has 4 nitrogen and oxygen atoms in total. The van der Waals surface area contributed by atoms with Crippen LogP contribution in [0.1, 0.15) is 38.7 Å². The highest BCUT2D eigenvalue weighted by molar-refractivity contribution is 7.89. The van der Waals surface area contributed by atoms with Crippen molar-refractivity contribution in [1.29, 1.82) is 0 Å². The zero-order valence-corrected chi connectivity index (χ0v) is 20.4. The molecule has 0 radical (unpaired) electrons. The molecule has 1 unspecified atom stereocenters. The maximum atomic E-state index is 14.0. The fourth-order valence-corrected chi connectivity index (χ4v) is 5.16. The van der Waals surface area contributed by atoms with Crippen LogP contribution in [-0.2, 0) is 10.0 Å². The predicted molar refractivity (Wildman–Crippen MR) is 138 cm³/mol. The molecule has 0 aliphatic rings. The second-order valence-corrected chi connectivity index (χ2v) is 10.1. The fraction of sp³-hybridized carbons (Fsp3) is 0.100. The van der Waals surface area contributed by atoms with E-state index in [1.165, 1.54) is 12.1 Å². The number of benzene rings is 4. The van der Waals surface area contributed by atoms with E-state index in [4.69, 9.17) is 0 Å². The van der Waals surface area contributed by atoms with Crippen molar-refractivity contribution >= 4 is 15.9 Å². The quantitative estimate of drug-likeness (QED) is 0.334. The Morgan fingerprint density at radius 3 is 2.00 bits per heavy atom. The summed E-state index contributed by atoms with van der Waals surface area (Å²) in [6.07, 6.45) is 0. The van der Waals surface area contributed by atoms with Crippen molar-refractivity contribution in [2.45, 2.75) is 24.8 Å². The number of hydrogen-bond acceptors (Lipinski definition) is 3. The molecule has 0 aliphatic carbocycles. The summed E-state index contributed by atoms with van der Waals surface area (Å²) < 4.78 is 28.9. The number of carbonyl (C=O) groups excluding carboxylic acids is 1. The molecule has 0 fully saturated rings. The lowest BCUT2D eigenvalue weighted by Gasteiger charge is -2.28. The lowest BCUT2D eigenvalue weighted by molar-refractivity contribution is 0.0841. The highest BCUT2D eigenvalue weighted by Crippen LogP contribution is 2.30. The third kappa shape index (κ3) is 5.51. The average Bonchev–Trinajstić information content (AvgIpc) is 2.87. The Labute approximate surface area is 206 Å². The molecule has 0 saturated carbocycles. The Bertz CT molecular complexity index is 1480. The first-order chi connectivity index (χ1) is 16.9. The number of hydrogen-bond donors (Lipinski definition) is 0. The van der Waals surface area contributed by atoms with Gasteiger partial charge in [0.25, 0.3) is 15.9 Å². The number of nitrogens with zero attached hydrogens (tertiary/aromatic N) is 1. The van der Waals surface area contributed by atoms with Gasteiger partial charge in [-0.05, 0) is 55.8 Å². The zero-order chi connectivity index (χ0) is 24.8. The number of sulfonamides is 1. The highest BCUT2D eigenvalue weighted by Gasteiger charge is 2.36. The molecule has 0 aliphatic heterocycles. The SMILES string of the molecule is Cc1ccc(S(=O)(=O)N(C(=O)c2cccc(C)c2)C(C#Cc2ccccc2)c2ccccc2)cc1. The summed E-state index contributed by atoms with van der Waals surface area (Å²) >= 11 is 0. The van der Waals surface area contributed by atoms with Gasteiger partial charge in [0, 0.05) is 11.1 Å². The molecule has 5 heteroatoms. The molecule has 0 spiro atoms. The van der Waals surface area contributed by atoms with Crippen molar-refractivity contribution in [3.8, 4) is 11.8 Å². The molecule has 4 aromatic carbocycles. The summed E-state index contributed by atoms with van der Waals surface area (Å²) in [6.45, 7) is 3.74. The number of amides is 1. The van der Waals surface area contributed by atoms with E-state index >= 15 is 0 Å². The van der Waals surface area contributed by atoms with Crippen molar-refractivity contribution in [1.82, 2.24) is 4.31 Å². The van der Waals surface area contributed by atoms with Gasteiger partial charge in [0.2, 0.25) is 0 Å². The molecule has 0 bridgehead atoms. The van der Waals surface area contributed by atoms with Gasteiger partial charge in [0.15, 0.2) is 0 Å². The van der Waals surface area contributed by atoms with Crippen LogP contribution < -0.4 is 0 Å².